The fourth-order valence-electron chi connectivity index (χ4n) is 1.46. The van der Waals surface area contributed by atoms with Gasteiger partial charge in [0.15, 0.2) is 5.82 Å². The normalized spacial score (nSPS) is 10.1. The highest BCUT2D eigenvalue weighted by molar-refractivity contribution is 9.09. The first-order valence-electron chi connectivity index (χ1n) is 9.15. The Balaban J connectivity index is 0. The van der Waals surface area contributed by atoms with E-state index < -0.39 is 5.97 Å². The van der Waals surface area contributed by atoms with Crippen molar-refractivity contribution in [2.45, 2.75) is 64.7 Å². The average molecular weight is 607 g/mol. The van der Waals surface area contributed by atoms with Gasteiger partial charge in [-0.3, -0.25) is 9.59 Å². The summed E-state index contributed by atoms with van der Waals surface area (Å²) in [5, 5.41) is 14.5. The second-order valence-electron chi connectivity index (χ2n) is 6.69. The van der Waals surface area contributed by atoms with Crippen molar-refractivity contribution < 1.29 is 24.0 Å². The number of ether oxygens (including phenoxy) is 1. The average Bonchev–Trinajstić information content (AvgIpc) is 3.14. The number of alkyl halides is 3. The molecule has 1 N–H and O–H groups in total. The lowest BCUT2D eigenvalue weighted by molar-refractivity contribution is -0.138. The number of carboxylic acid groups (broad SMARTS) is 1. The van der Waals surface area contributed by atoms with E-state index in [1.807, 2.05) is 0 Å². The highest BCUT2D eigenvalue weighted by Gasteiger charge is 2.20. The second kappa shape index (κ2) is 19.2. The highest BCUT2D eigenvalue weighted by Crippen LogP contribution is 2.18. The van der Waals surface area contributed by atoms with Crippen molar-refractivity contribution in [3.63, 3.8) is 0 Å². The maximum atomic E-state index is 10.5. The SMILES string of the molecule is C=COC(=O)CCCBr.CC(C)(C)c1noc(CCCBr)n1.O=C(O)CCCBr. The van der Waals surface area contributed by atoms with E-state index in [1.165, 1.54) is 0 Å². The predicted molar refractivity (Wildman–Crippen MR) is 125 cm³/mol. The maximum absolute atomic E-state index is 10.5. The maximum Gasteiger partial charge on any atom is 0.310 e. The zero-order valence-electron chi connectivity index (χ0n) is 17.3. The Labute approximate surface area is 198 Å². The van der Waals surface area contributed by atoms with Crippen LogP contribution in [0.1, 0.15) is 64.6 Å². The number of carboxylic acids is 1. The molecule has 0 aliphatic rings. The van der Waals surface area contributed by atoms with E-state index >= 15 is 0 Å². The first kappa shape index (κ1) is 30.5. The van der Waals surface area contributed by atoms with E-state index in [0.29, 0.717) is 6.42 Å². The molecule has 0 saturated carbocycles. The second-order valence-corrected chi connectivity index (χ2v) is 9.07. The van der Waals surface area contributed by atoms with Crippen molar-refractivity contribution in [2.24, 2.45) is 0 Å². The first-order chi connectivity index (χ1) is 13.6. The molecule has 0 aliphatic heterocycles. The van der Waals surface area contributed by atoms with Gasteiger partial charge >= 0.3 is 11.9 Å². The molecule has 1 heterocycles. The first-order valence-corrected chi connectivity index (χ1v) is 12.5. The van der Waals surface area contributed by atoms with Gasteiger partial charge < -0.3 is 14.4 Å². The molecule has 0 atom stereocenters. The molecule has 168 valence electrons. The molecule has 1 aromatic rings. The quantitative estimate of drug-likeness (QED) is 0.204. The molecule has 0 bridgehead atoms. The van der Waals surface area contributed by atoms with E-state index in [0.717, 1.165) is 59.7 Å². The van der Waals surface area contributed by atoms with Gasteiger partial charge in [0, 0.05) is 40.7 Å². The van der Waals surface area contributed by atoms with Crippen LogP contribution >= 0.6 is 47.8 Å². The summed E-state index contributed by atoms with van der Waals surface area (Å²) < 4.78 is 9.56. The van der Waals surface area contributed by atoms with Crippen LogP contribution in [0.2, 0.25) is 0 Å². The summed E-state index contributed by atoms with van der Waals surface area (Å²) in [5.74, 6) is 0.588. The Hall–Kier alpha value is -0.740. The Bertz CT molecular complexity index is 574. The van der Waals surface area contributed by atoms with Crippen LogP contribution in [0.25, 0.3) is 0 Å². The molecule has 0 fully saturated rings. The number of aliphatic carboxylic acids is 1. The van der Waals surface area contributed by atoms with Crippen molar-refractivity contribution in [1.29, 1.82) is 0 Å². The minimum absolute atomic E-state index is 0.0177. The van der Waals surface area contributed by atoms with E-state index in [4.69, 9.17) is 9.63 Å². The van der Waals surface area contributed by atoms with Crippen LogP contribution in [0.4, 0.5) is 0 Å². The summed E-state index contributed by atoms with van der Waals surface area (Å²) in [4.78, 5) is 24.5. The van der Waals surface area contributed by atoms with Crippen LogP contribution < -0.4 is 0 Å². The standard InChI is InChI=1S/C9H15BrN2O.C6H9BrO2.C4H7BrO2/c1-9(2,3)8-11-7(13-12-8)5-4-6-10;1-2-9-6(8)4-3-5-7;5-3-1-2-4(6)7/h4-6H2,1-3H3;2H,1,3-5H2;1-3H2,(H,6,7). The van der Waals surface area contributed by atoms with Gasteiger partial charge in [-0.2, -0.15) is 4.98 Å². The smallest absolute Gasteiger partial charge is 0.310 e. The van der Waals surface area contributed by atoms with Gasteiger partial charge in [-0.05, 0) is 19.3 Å². The number of aryl methyl sites for hydroxylation is 1. The molecule has 0 amide bonds. The Kier molecular flexibility index (Phi) is 20.2. The van der Waals surface area contributed by atoms with E-state index in [2.05, 4.69) is 90.0 Å². The molecule has 1 rings (SSSR count). The van der Waals surface area contributed by atoms with E-state index in [1.54, 1.807) is 0 Å². The number of carbonyl (C=O) groups excluding carboxylic acids is 1. The molecule has 0 unspecified atom stereocenters. The van der Waals surface area contributed by atoms with E-state index in [9.17, 15) is 9.59 Å². The summed E-state index contributed by atoms with van der Waals surface area (Å²) in [6.45, 7) is 9.48. The van der Waals surface area contributed by atoms with Gasteiger partial charge in [0.2, 0.25) is 5.89 Å². The predicted octanol–water partition coefficient (Wildman–Crippen LogP) is 5.79. The largest absolute Gasteiger partial charge is 0.481 e. The molecular weight excluding hydrogens is 576 g/mol. The van der Waals surface area contributed by atoms with Gasteiger partial charge in [-0.25, -0.2) is 0 Å². The lowest BCUT2D eigenvalue weighted by Crippen LogP contribution is -2.13. The van der Waals surface area contributed by atoms with Gasteiger partial charge in [-0.15, -0.1) is 0 Å². The Morgan fingerprint density at radius 2 is 1.66 bits per heavy atom. The van der Waals surface area contributed by atoms with Crippen molar-refractivity contribution in [1.82, 2.24) is 10.1 Å². The van der Waals surface area contributed by atoms with Gasteiger partial charge in [-0.1, -0.05) is 80.3 Å². The fourth-order valence-corrected chi connectivity index (χ4v) is 2.30. The third kappa shape index (κ3) is 20.3. The number of carbonyl (C=O) groups is 2. The third-order valence-corrected chi connectivity index (χ3v) is 4.60. The molecule has 7 nitrogen and oxygen atoms in total. The fraction of sp³-hybridized carbons (Fsp3) is 0.684. The zero-order valence-corrected chi connectivity index (χ0v) is 22.0. The molecule has 0 saturated heterocycles. The van der Waals surface area contributed by atoms with Crippen LogP contribution in [-0.4, -0.2) is 43.2 Å². The molecule has 10 heteroatoms. The van der Waals surface area contributed by atoms with Crippen LogP contribution in [0.3, 0.4) is 0 Å². The van der Waals surface area contributed by atoms with Crippen LogP contribution in [0, 0.1) is 0 Å². The van der Waals surface area contributed by atoms with Crippen molar-refractivity contribution in [2.75, 3.05) is 16.0 Å². The van der Waals surface area contributed by atoms with Crippen molar-refractivity contribution in [3.05, 3.63) is 24.6 Å². The summed E-state index contributed by atoms with van der Waals surface area (Å²) >= 11 is 9.67. The van der Waals surface area contributed by atoms with Gasteiger partial charge in [0.05, 0.1) is 6.26 Å². The molecule has 0 radical (unpaired) electrons. The number of hydrogen-bond donors (Lipinski definition) is 1. The van der Waals surface area contributed by atoms with Crippen LogP contribution in [0.5, 0.6) is 0 Å². The van der Waals surface area contributed by atoms with Crippen molar-refractivity contribution in [3.8, 4) is 0 Å². The number of aromatic nitrogens is 2. The van der Waals surface area contributed by atoms with Crippen LogP contribution in [-0.2, 0) is 26.2 Å². The lowest BCUT2D eigenvalue weighted by Gasteiger charge is -2.10. The summed E-state index contributed by atoms with van der Waals surface area (Å²) in [5.41, 5.74) is -0.0177. The number of nitrogens with zero attached hydrogens (tertiary/aromatic N) is 2. The van der Waals surface area contributed by atoms with Gasteiger partial charge in [0.1, 0.15) is 0 Å². The number of rotatable bonds is 10. The van der Waals surface area contributed by atoms with Gasteiger partial charge in [0.25, 0.3) is 0 Å². The number of esters is 1. The molecule has 0 spiro atoms. The molecule has 0 aromatic carbocycles. The van der Waals surface area contributed by atoms with Crippen molar-refractivity contribution >= 4 is 59.7 Å². The van der Waals surface area contributed by atoms with E-state index in [-0.39, 0.29) is 17.8 Å². The topological polar surface area (TPSA) is 103 Å². The molecule has 29 heavy (non-hydrogen) atoms. The zero-order chi connectivity index (χ0) is 22.7. The number of hydrogen-bond acceptors (Lipinski definition) is 6. The lowest BCUT2D eigenvalue weighted by atomic mass is 9.96. The summed E-state index contributed by atoms with van der Waals surface area (Å²) in [6, 6.07) is 0. The Morgan fingerprint density at radius 1 is 1.10 bits per heavy atom. The molecule has 0 aliphatic carbocycles. The summed E-state index contributed by atoms with van der Waals surface area (Å²) in [7, 11) is 0. The monoisotopic (exact) mass is 604 g/mol. The summed E-state index contributed by atoms with van der Waals surface area (Å²) in [6.07, 6.45) is 5.29. The number of halogens is 3. The Morgan fingerprint density at radius 3 is 2.03 bits per heavy atom. The highest BCUT2D eigenvalue weighted by atomic mass is 79.9. The molecular formula is C19H31Br3N2O5. The van der Waals surface area contributed by atoms with Crippen LogP contribution in [0.15, 0.2) is 17.4 Å². The minimum Gasteiger partial charge on any atom is -0.481 e. The minimum atomic E-state index is -0.723. The third-order valence-electron chi connectivity index (χ3n) is 2.92. The molecule has 1 aromatic heterocycles.